The van der Waals surface area contributed by atoms with E-state index in [1.54, 1.807) is 0 Å². The van der Waals surface area contributed by atoms with E-state index in [1.165, 1.54) is 5.69 Å². The molecule has 0 saturated carbocycles. The summed E-state index contributed by atoms with van der Waals surface area (Å²) in [6.45, 7) is 6.04. The van der Waals surface area contributed by atoms with Crippen molar-refractivity contribution in [2.75, 3.05) is 42.5 Å². The SMILES string of the molecule is CCN(CCNC(=O)C1CCN(c2nnc3ccc(Cl)cn23)CC1)c1ccccc1. The average Bonchev–Trinajstić information content (AvgIpc) is 3.20. The van der Waals surface area contributed by atoms with Gasteiger partial charge in [0.25, 0.3) is 0 Å². The van der Waals surface area contributed by atoms with Gasteiger partial charge in [0, 0.05) is 50.5 Å². The summed E-state index contributed by atoms with van der Waals surface area (Å²) in [6, 6.07) is 14.0. The molecule has 1 aromatic carbocycles. The van der Waals surface area contributed by atoms with E-state index in [0.29, 0.717) is 11.6 Å². The Morgan fingerprint density at radius 2 is 1.93 bits per heavy atom. The highest BCUT2D eigenvalue weighted by atomic mass is 35.5. The summed E-state index contributed by atoms with van der Waals surface area (Å²) in [6.07, 6.45) is 3.44. The van der Waals surface area contributed by atoms with Crippen LogP contribution in [0.15, 0.2) is 48.7 Å². The standard InChI is InChI=1S/C22H27ClN6O/c1-2-27(19-6-4-3-5-7-19)15-12-24-21(30)17-10-13-28(14-11-17)22-26-25-20-9-8-18(23)16-29(20)22/h3-9,16-17H,2,10-15H2,1H3,(H,24,30). The van der Waals surface area contributed by atoms with Crippen molar-refractivity contribution >= 4 is 34.8 Å². The first-order valence-corrected chi connectivity index (χ1v) is 10.9. The number of carbonyl (C=O) groups is 1. The van der Waals surface area contributed by atoms with Crippen LogP contribution in [0.5, 0.6) is 0 Å². The second kappa shape index (κ2) is 9.34. The van der Waals surface area contributed by atoms with Gasteiger partial charge in [-0.05, 0) is 44.0 Å². The number of fused-ring (bicyclic) bond motifs is 1. The van der Waals surface area contributed by atoms with E-state index >= 15 is 0 Å². The minimum atomic E-state index is 0.0378. The lowest BCUT2D eigenvalue weighted by molar-refractivity contribution is -0.125. The van der Waals surface area contributed by atoms with Gasteiger partial charge in [-0.1, -0.05) is 29.8 Å². The normalized spacial score (nSPS) is 14.8. The summed E-state index contributed by atoms with van der Waals surface area (Å²) in [7, 11) is 0. The second-order valence-corrected chi connectivity index (χ2v) is 7.98. The quantitative estimate of drug-likeness (QED) is 0.628. The molecule has 3 aromatic rings. The Hall–Kier alpha value is -2.80. The minimum Gasteiger partial charge on any atom is -0.370 e. The predicted molar refractivity (Wildman–Crippen MR) is 120 cm³/mol. The number of nitrogens with zero attached hydrogens (tertiary/aromatic N) is 5. The highest BCUT2D eigenvalue weighted by Crippen LogP contribution is 2.23. The van der Waals surface area contributed by atoms with Crippen molar-refractivity contribution in [2.24, 2.45) is 5.92 Å². The van der Waals surface area contributed by atoms with E-state index in [0.717, 1.165) is 50.6 Å². The maximum absolute atomic E-state index is 12.7. The van der Waals surface area contributed by atoms with Crippen molar-refractivity contribution in [3.63, 3.8) is 0 Å². The topological polar surface area (TPSA) is 65.8 Å². The van der Waals surface area contributed by atoms with E-state index in [9.17, 15) is 4.79 Å². The lowest BCUT2D eigenvalue weighted by Crippen LogP contribution is -2.43. The Morgan fingerprint density at radius 3 is 2.67 bits per heavy atom. The van der Waals surface area contributed by atoms with Gasteiger partial charge < -0.3 is 15.1 Å². The third-order valence-corrected chi connectivity index (χ3v) is 5.90. The summed E-state index contributed by atoms with van der Waals surface area (Å²) in [5.41, 5.74) is 1.95. The lowest BCUT2D eigenvalue weighted by atomic mass is 9.96. The maximum atomic E-state index is 12.7. The molecular weight excluding hydrogens is 400 g/mol. The summed E-state index contributed by atoms with van der Waals surface area (Å²) in [4.78, 5) is 17.1. The molecule has 0 unspecified atom stereocenters. The number of nitrogens with one attached hydrogen (secondary N) is 1. The molecule has 8 heteroatoms. The molecule has 1 aliphatic heterocycles. The highest BCUT2D eigenvalue weighted by Gasteiger charge is 2.27. The fourth-order valence-electron chi connectivity index (χ4n) is 3.98. The minimum absolute atomic E-state index is 0.0378. The average molecular weight is 427 g/mol. The van der Waals surface area contributed by atoms with Crippen LogP contribution >= 0.6 is 11.6 Å². The molecule has 30 heavy (non-hydrogen) atoms. The number of hydrogen-bond acceptors (Lipinski definition) is 5. The molecule has 1 saturated heterocycles. The van der Waals surface area contributed by atoms with Crippen LogP contribution < -0.4 is 15.1 Å². The van der Waals surface area contributed by atoms with Gasteiger partial charge in [0.2, 0.25) is 11.9 Å². The van der Waals surface area contributed by atoms with Gasteiger partial charge in [-0.25, -0.2) is 0 Å². The smallest absolute Gasteiger partial charge is 0.231 e. The molecule has 1 N–H and O–H groups in total. The molecule has 158 valence electrons. The fraction of sp³-hybridized carbons (Fsp3) is 0.409. The van der Waals surface area contributed by atoms with E-state index in [2.05, 4.69) is 44.4 Å². The number of aromatic nitrogens is 3. The first-order valence-electron chi connectivity index (χ1n) is 10.5. The first kappa shape index (κ1) is 20.5. The van der Waals surface area contributed by atoms with Gasteiger partial charge in [-0.15, -0.1) is 10.2 Å². The number of likely N-dealkylation sites (N-methyl/N-ethyl adjacent to an activating group) is 1. The molecule has 1 fully saturated rings. The van der Waals surface area contributed by atoms with Crippen molar-refractivity contribution in [3.8, 4) is 0 Å². The van der Waals surface area contributed by atoms with Gasteiger partial charge in [-0.3, -0.25) is 9.20 Å². The van der Waals surface area contributed by atoms with E-state index in [1.807, 2.05) is 40.9 Å². The summed E-state index contributed by atoms with van der Waals surface area (Å²) >= 11 is 6.12. The summed E-state index contributed by atoms with van der Waals surface area (Å²) < 4.78 is 1.91. The van der Waals surface area contributed by atoms with Crippen LogP contribution in [-0.2, 0) is 4.79 Å². The van der Waals surface area contributed by atoms with Crippen molar-refractivity contribution in [2.45, 2.75) is 19.8 Å². The van der Waals surface area contributed by atoms with Crippen molar-refractivity contribution < 1.29 is 4.79 Å². The number of pyridine rings is 1. The Kier molecular flexibility index (Phi) is 6.38. The number of anilines is 2. The monoisotopic (exact) mass is 426 g/mol. The van der Waals surface area contributed by atoms with Gasteiger partial charge in [-0.2, -0.15) is 0 Å². The molecule has 3 heterocycles. The summed E-state index contributed by atoms with van der Waals surface area (Å²) in [5, 5.41) is 12.3. The molecule has 0 aliphatic carbocycles. The van der Waals surface area contributed by atoms with Crippen LogP contribution in [0, 0.1) is 5.92 Å². The number of halogens is 1. The third-order valence-electron chi connectivity index (χ3n) is 5.68. The Balaban J connectivity index is 1.27. The zero-order chi connectivity index (χ0) is 20.9. The highest BCUT2D eigenvalue weighted by molar-refractivity contribution is 6.30. The van der Waals surface area contributed by atoms with Crippen molar-refractivity contribution in [1.82, 2.24) is 19.9 Å². The Bertz CT molecular complexity index is 984. The van der Waals surface area contributed by atoms with Gasteiger partial charge in [0.15, 0.2) is 5.65 Å². The number of para-hydroxylation sites is 1. The van der Waals surface area contributed by atoms with Gasteiger partial charge >= 0.3 is 0 Å². The molecule has 1 aliphatic rings. The van der Waals surface area contributed by atoms with Crippen LogP contribution in [0.1, 0.15) is 19.8 Å². The number of amides is 1. The zero-order valence-electron chi connectivity index (χ0n) is 17.2. The molecule has 0 bridgehead atoms. The van der Waals surface area contributed by atoms with Crippen LogP contribution in [-0.4, -0.2) is 53.2 Å². The van der Waals surface area contributed by atoms with Gasteiger partial charge in [0.1, 0.15) is 0 Å². The number of piperidine rings is 1. The molecule has 1 amide bonds. The number of rotatable bonds is 7. The van der Waals surface area contributed by atoms with Crippen LogP contribution in [0.25, 0.3) is 5.65 Å². The van der Waals surface area contributed by atoms with Crippen LogP contribution in [0.3, 0.4) is 0 Å². The van der Waals surface area contributed by atoms with E-state index in [-0.39, 0.29) is 11.8 Å². The predicted octanol–water partition coefficient (Wildman–Crippen LogP) is 3.24. The molecule has 0 atom stereocenters. The molecule has 0 spiro atoms. The van der Waals surface area contributed by atoms with Crippen LogP contribution in [0.4, 0.5) is 11.6 Å². The largest absolute Gasteiger partial charge is 0.370 e. The fourth-order valence-corrected chi connectivity index (χ4v) is 4.14. The lowest BCUT2D eigenvalue weighted by Gasteiger charge is -2.31. The van der Waals surface area contributed by atoms with E-state index in [4.69, 9.17) is 11.6 Å². The summed E-state index contributed by atoms with van der Waals surface area (Å²) in [5.74, 6) is 0.969. The number of benzene rings is 1. The number of hydrogen-bond donors (Lipinski definition) is 1. The zero-order valence-corrected chi connectivity index (χ0v) is 17.9. The van der Waals surface area contributed by atoms with Gasteiger partial charge in [0.05, 0.1) is 5.02 Å². The second-order valence-electron chi connectivity index (χ2n) is 7.54. The van der Waals surface area contributed by atoms with Crippen LogP contribution in [0.2, 0.25) is 5.02 Å². The van der Waals surface area contributed by atoms with Crippen molar-refractivity contribution in [3.05, 3.63) is 53.7 Å². The third kappa shape index (κ3) is 4.51. The van der Waals surface area contributed by atoms with Crippen molar-refractivity contribution in [1.29, 1.82) is 0 Å². The molecule has 2 aromatic heterocycles. The number of carbonyl (C=O) groups excluding carboxylic acids is 1. The molecule has 7 nitrogen and oxygen atoms in total. The first-order chi connectivity index (χ1) is 14.7. The maximum Gasteiger partial charge on any atom is 0.231 e. The molecule has 4 rings (SSSR count). The Labute approximate surface area is 181 Å². The molecule has 0 radical (unpaired) electrons. The Morgan fingerprint density at radius 1 is 1.17 bits per heavy atom. The molecular formula is C22H27ClN6O. The van der Waals surface area contributed by atoms with E-state index < -0.39 is 0 Å².